The summed E-state index contributed by atoms with van der Waals surface area (Å²) >= 11 is 5.00. The Bertz CT molecular complexity index is 577. The van der Waals surface area contributed by atoms with Crippen LogP contribution in [-0.2, 0) is 0 Å². The lowest BCUT2D eigenvalue weighted by molar-refractivity contribution is -0.00960. The van der Waals surface area contributed by atoms with E-state index in [9.17, 15) is 5.11 Å². The quantitative estimate of drug-likeness (QED) is 0.905. The second-order valence-electron chi connectivity index (χ2n) is 4.46. The SMILES string of the molecule is Cc1cc(C(O)C2COc3ccccc3O2)sc1Br. The van der Waals surface area contributed by atoms with Crippen LogP contribution in [0, 0.1) is 6.92 Å². The Morgan fingerprint density at radius 2 is 2.11 bits per heavy atom. The van der Waals surface area contributed by atoms with Gasteiger partial charge in [0.2, 0.25) is 0 Å². The number of rotatable bonds is 2. The average molecular weight is 341 g/mol. The Hall–Kier alpha value is -1.04. The van der Waals surface area contributed by atoms with E-state index in [1.807, 2.05) is 37.3 Å². The van der Waals surface area contributed by atoms with Gasteiger partial charge < -0.3 is 14.6 Å². The molecule has 1 aromatic heterocycles. The lowest BCUT2D eigenvalue weighted by Crippen LogP contribution is -2.34. The molecule has 1 aromatic carbocycles. The Morgan fingerprint density at radius 3 is 2.79 bits per heavy atom. The highest BCUT2D eigenvalue weighted by Gasteiger charge is 2.29. The molecule has 2 aromatic rings. The van der Waals surface area contributed by atoms with Crippen molar-refractivity contribution in [2.24, 2.45) is 0 Å². The van der Waals surface area contributed by atoms with E-state index in [0.29, 0.717) is 12.4 Å². The fourth-order valence-electron chi connectivity index (χ4n) is 2.00. The molecule has 100 valence electrons. The summed E-state index contributed by atoms with van der Waals surface area (Å²) in [5, 5.41) is 10.4. The van der Waals surface area contributed by atoms with Crippen molar-refractivity contribution in [2.45, 2.75) is 19.1 Å². The standard InChI is InChI=1S/C14H13BrO3S/c1-8-6-12(19-14(8)15)13(16)11-7-17-9-4-2-3-5-10(9)18-11/h2-6,11,13,16H,7H2,1H3. The zero-order valence-electron chi connectivity index (χ0n) is 10.3. The summed E-state index contributed by atoms with van der Waals surface area (Å²) in [5.74, 6) is 1.42. The van der Waals surface area contributed by atoms with Gasteiger partial charge in [-0.25, -0.2) is 0 Å². The maximum absolute atomic E-state index is 10.4. The highest BCUT2D eigenvalue weighted by Crippen LogP contribution is 2.37. The van der Waals surface area contributed by atoms with Crippen molar-refractivity contribution in [3.8, 4) is 11.5 Å². The van der Waals surface area contributed by atoms with Crippen molar-refractivity contribution < 1.29 is 14.6 Å². The molecule has 0 amide bonds. The molecule has 1 aliphatic heterocycles. The minimum atomic E-state index is -0.677. The first-order valence-electron chi connectivity index (χ1n) is 5.97. The molecule has 5 heteroatoms. The van der Waals surface area contributed by atoms with Crippen molar-refractivity contribution in [1.82, 2.24) is 0 Å². The van der Waals surface area contributed by atoms with E-state index in [2.05, 4.69) is 15.9 Å². The van der Waals surface area contributed by atoms with E-state index in [0.717, 1.165) is 20.0 Å². The molecule has 0 aliphatic carbocycles. The number of fused-ring (bicyclic) bond motifs is 1. The number of para-hydroxylation sites is 2. The summed E-state index contributed by atoms with van der Waals surface area (Å²) < 4.78 is 12.5. The van der Waals surface area contributed by atoms with Crippen molar-refractivity contribution in [2.75, 3.05) is 6.61 Å². The molecule has 0 fully saturated rings. The minimum absolute atomic E-state index is 0.354. The lowest BCUT2D eigenvalue weighted by atomic mass is 10.1. The molecule has 3 nitrogen and oxygen atoms in total. The predicted molar refractivity (Wildman–Crippen MR) is 78.1 cm³/mol. The van der Waals surface area contributed by atoms with Crippen LogP contribution < -0.4 is 9.47 Å². The van der Waals surface area contributed by atoms with Gasteiger partial charge in [0.1, 0.15) is 12.7 Å². The maximum Gasteiger partial charge on any atom is 0.163 e. The van der Waals surface area contributed by atoms with Gasteiger partial charge in [0, 0.05) is 4.88 Å². The van der Waals surface area contributed by atoms with Gasteiger partial charge in [-0.2, -0.15) is 0 Å². The number of benzene rings is 1. The van der Waals surface area contributed by atoms with Crippen LogP contribution in [0.4, 0.5) is 0 Å². The fraction of sp³-hybridized carbons (Fsp3) is 0.286. The Kier molecular flexibility index (Phi) is 3.52. The van der Waals surface area contributed by atoms with E-state index in [4.69, 9.17) is 9.47 Å². The third-order valence-electron chi connectivity index (χ3n) is 3.05. The van der Waals surface area contributed by atoms with Crippen molar-refractivity contribution >= 4 is 27.3 Å². The first-order valence-corrected chi connectivity index (χ1v) is 7.58. The van der Waals surface area contributed by atoms with E-state index >= 15 is 0 Å². The van der Waals surface area contributed by atoms with E-state index in [-0.39, 0.29) is 6.10 Å². The maximum atomic E-state index is 10.4. The first kappa shape index (κ1) is 13.0. The lowest BCUT2D eigenvalue weighted by Gasteiger charge is -2.29. The van der Waals surface area contributed by atoms with Gasteiger partial charge in [-0.3, -0.25) is 0 Å². The van der Waals surface area contributed by atoms with E-state index in [1.165, 1.54) is 11.3 Å². The molecule has 1 N–H and O–H groups in total. The number of hydrogen-bond donors (Lipinski definition) is 1. The summed E-state index contributed by atoms with van der Waals surface area (Å²) in [6.07, 6.45) is -1.05. The van der Waals surface area contributed by atoms with Crippen LogP contribution in [0.5, 0.6) is 11.5 Å². The second kappa shape index (κ2) is 5.15. The van der Waals surface area contributed by atoms with E-state index < -0.39 is 6.10 Å². The Morgan fingerprint density at radius 1 is 1.37 bits per heavy atom. The molecule has 2 heterocycles. The number of hydrogen-bond acceptors (Lipinski definition) is 4. The molecular formula is C14H13BrO3S. The molecule has 0 radical (unpaired) electrons. The second-order valence-corrected chi connectivity index (χ2v) is 6.87. The van der Waals surface area contributed by atoms with Crippen LogP contribution in [0.3, 0.4) is 0 Å². The van der Waals surface area contributed by atoms with E-state index in [1.54, 1.807) is 0 Å². The molecule has 0 bridgehead atoms. The molecule has 3 rings (SSSR count). The number of ether oxygens (including phenoxy) is 2. The van der Waals surface area contributed by atoms with Gasteiger partial charge in [-0.15, -0.1) is 11.3 Å². The Balaban J connectivity index is 1.81. The van der Waals surface area contributed by atoms with Crippen LogP contribution in [0.2, 0.25) is 0 Å². The summed E-state index contributed by atoms with van der Waals surface area (Å²) in [4.78, 5) is 0.886. The van der Waals surface area contributed by atoms with Crippen LogP contribution in [-0.4, -0.2) is 17.8 Å². The third-order valence-corrected chi connectivity index (χ3v) is 5.26. The minimum Gasteiger partial charge on any atom is -0.486 e. The number of thiophene rings is 1. The third kappa shape index (κ3) is 2.50. The number of aliphatic hydroxyl groups excluding tert-OH is 1. The zero-order chi connectivity index (χ0) is 13.4. The van der Waals surface area contributed by atoms with Gasteiger partial charge in [-0.1, -0.05) is 12.1 Å². The molecule has 19 heavy (non-hydrogen) atoms. The molecule has 0 saturated carbocycles. The normalized spacial score (nSPS) is 19.2. The zero-order valence-corrected chi connectivity index (χ0v) is 12.7. The summed E-state index contributed by atoms with van der Waals surface area (Å²) in [5.41, 5.74) is 1.12. The van der Waals surface area contributed by atoms with Crippen LogP contribution in [0.1, 0.15) is 16.5 Å². The van der Waals surface area contributed by atoms with Gasteiger partial charge in [0.05, 0.1) is 3.79 Å². The summed E-state index contributed by atoms with van der Waals surface area (Å²) in [6.45, 7) is 2.36. The molecule has 0 spiro atoms. The molecular weight excluding hydrogens is 328 g/mol. The van der Waals surface area contributed by atoms with Gasteiger partial charge in [0.25, 0.3) is 0 Å². The first-order chi connectivity index (χ1) is 9.15. The monoisotopic (exact) mass is 340 g/mol. The molecule has 2 atom stereocenters. The predicted octanol–water partition coefficient (Wildman–Crippen LogP) is 3.69. The van der Waals surface area contributed by atoms with Crippen molar-refractivity contribution in [3.63, 3.8) is 0 Å². The number of halogens is 1. The van der Waals surface area contributed by atoms with Crippen molar-refractivity contribution in [1.29, 1.82) is 0 Å². The van der Waals surface area contributed by atoms with Gasteiger partial charge >= 0.3 is 0 Å². The smallest absolute Gasteiger partial charge is 0.163 e. The van der Waals surface area contributed by atoms with Crippen LogP contribution in [0.25, 0.3) is 0 Å². The van der Waals surface area contributed by atoms with Crippen LogP contribution >= 0.6 is 27.3 Å². The highest BCUT2D eigenvalue weighted by atomic mass is 79.9. The Labute approximate surface area is 123 Å². The number of aryl methyl sites for hydroxylation is 1. The fourth-order valence-corrected chi connectivity index (χ4v) is 3.61. The van der Waals surface area contributed by atoms with Crippen LogP contribution in [0.15, 0.2) is 34.1 Å². The topological polar surface area (TPSA) is 38.7 Å². The summed E-state index contributed by atoms with van der Waals surface area (Å²) in [7, 11) is 0. The largest absolute Gasteiger partial charge is 0.486 e. The number of aliphatic hydroxyl groups is 1. The summed E-state index contributed by atoms with van der Waals surface area (Å²) in [6, 6.07) is 9.48. The molecule has 1 aliphatic rings. The molecule has 2 unspecified atom stereocenters. The molecule has 0 saturated heterocycles. The average Bonchev–Trinajstić information content (AvgIpc) is 2.77. The van der Waals surface area contributed by atoms with Gasteiger partial charge in [-0.05, 0) is 46.6 Å². The van der Waals surface area contributed by atoms with Crippen molar-refractivity contribution in [3.05, 3.63) is 44.6 Å². The van der Waals surface area contributed by atoms with Gasteiger partial charge in [0.15, 0.2) is 17.6 Å². The highest BCUT2D eigenvalue weighted by molar-refractivity contribution is 9.11.